The third kappa shape index (κ3) is 3.71. The zero-order valence-electron chi connectivity index (χ0n) is 15.2. The minimum absolute atomic E-state index is 0. The highest BCUT2D eigenvalue weighted by atomic mass is 16.1. The maximum atomic E-state index is 12.0. The van der Waals surface area contributed by atoms with Gasteiger partial charge in [-0.1, -0.05) is 31.2 Å². The molecule has 5 heteroatoms. The quantitative estimate of drug-likeness (QED) is 0.800. The van der Waals surface area contributed by atoms with E-state index >= 15 is 0 Å². The number of carbonyl (C=O) groups is 1. The third-order valence-corrected chi connectivity index (χ3v) is 5.93. The maximum Gasteiger partial charge on any atom is 0.243 e. The predicted molar refractivity (Wildman–Crippen MR) is 105 cm³/mol. The minimum Gasteiger partial charge on any atom is -0.355 e. The average Bonchev–Trinajstić information content (AvgIpc) is 3.11. The molecule has 26 heavy (non-hydrogen) atoms. The summed E-state index contributed by atoms with van der Waals surface area (Å²) in [5.41, 5.74) is 1.23. The Hall–Kier alpha value is -2.43. The Morgan fingerprint density at radius 1 is 1.38 bits per heavy atom. The zero-order valence-corrected chi connectivity index (χ0v) is 15.2. The number of amides is 1. The molecule has 5 nitrogen and oxygen atoms in total. The number of anilines is 1. The summed E-state index contributed by atoms with van der Waals surface area (Å²) in [6.45, 7) is 5.09. The summed E-state index contributed by atoms with van der Waals surface area (Å²) < 4.78 is 0. The van der Waals surface area contributed by atoms with Crippen molar-refractivity contribution in [2.24, 2.45) is 23.7 Å². The van der Waals surface area contributed by atoms with Crippen LogP contribution in [-0.2, 0) is 4.79 Å². The first kappa shape index (κ1) is 17.0. The SMILES string of the molecule is CC1CC=CC=C1/C=C/C(=O)NCCC1[C@H]2CN(c3cnccn3)C[C@@H]12.[HH]. The summed E-state index contributed by atoms with van der Waals surface area (Å²) in [6.07, 6.45) is 17.4. The summed E-state index contributed by atoms with van der Waals surface area (Å²) in [6, 6.07) is 0. The van der Waals surface area contributed by atoms with E-state index in [0.29, 0.717) is 5.92 Å². The second-order valence-electron chi connectivity index (χ2n) is 7.60. The van der Waals surface area contributed by atoms with E-state index in [0.717, 1.165) is 56.0 Å². The molecule has 1 saturated carbocycles. The van der Waals surface area contributed by atoms with Crippen molar-refractivity contribution in [3.63, 3.8) is 0 Å². The summed E-state index contributed by atoms with van der Waals surface area (Å²) in [5, 5.41) is 3.03. The highest BCUT2D eigenvalue weighted by molar-refractivity contribution is 5.87. The highest BCUT2D eigenvalue weighted by Gasteiger charge is 2.55. The van der Waals surface area contributed by atoms with E-state index in [1.54, 1.807) is 18.5 Å². The Balaban J connectivity index is 0.00000210. The Labute approximate surface area is 156 Å². The lowest BCUT2D eigenvalue weighted by Gasteiger charge is -2.20. The molecule has 2 aliphatic carbocycles. The molecule has 0 bridgehead atoms. The van der Waals surface area contributed by atoms with Crippen LogP contribution in [0.15, 0.2) is 54.5 Å². The number of fused-ring (bicyclic) bond motifs is 1. The second-order valence-corrected chi connectivity index (χ2v) is 7.60. The van der Waals surface area contributed by atoms with Crippen molar-refractivity contribution in [3.8, 4) is 0 Å². The van der Waals surface area contributed by atoms with Gasteiger partial charge < -0.3 is 10.2 Å². The number of nitrogens with one attached hydrogen (secondary N) is 1. The van der Waals surface area contributed by atoms with E-state index in [2.05, 4.69) is 45.3 Å². The van der Waals surface area contributed by atoms with Crippen LogP contribution in [0, 0.1) is 23.7 Å². The monoisotopic (exact) mass is 352 g/mol. The molecular formula is C21H28N4O. The van der Waals surface area contributed by atoms with Crippen molar-refractivity contribution >= 4 is 11.7 Å². The number of nitrogens with zero attached hydrogens (tertiary/aromatic N) is 3. The van der Waals surface area contributed by atoms with Gasteiger partial charge in [-0.15, -0.1) is 0 Å². The van der Waals surface area contributed by atoms with E-state index < -0.39 is 0 Å². The molecule has 1 aromatic heterocycles. The minimum atomic E-state index is 0. The fourth-order valence-electron chi connectivity index (χ4n) is 4.29. The highest BCUT2D eigenvalue weighted by Crippen LogP contribution is 2.53. The van der Waals surface area contributed by atoms with E-state index in [1.807, 2.05) is 12.3 Å². The number of allylic oxidation sites excluding steroid dienone is 5. The van der Waals surface area contributed by atoms with E-state index in [9.17, 15) is 4.79 Å². The molecule has 1 aliphatic heterocycles. The molecule has 0 aromatic carbocycles. The molecule has 0 spiro atoms. The first-order chi connectivity index (χ1) is 12.7. The van der Waals surface area contributed by atoms with Gasteiger partial charge in [-0.05, 0) is 42.1 Å². The molecule has 1 saturated heterocycles. The van der Waals surface area contributed by atoms with Crippen molar-refractivity contribution in [3.05, 3.63) is 54.5 Å². The molecule has 4 atom stereocenters. The predicted octanol–water partition coefficient (Wildman–Crippen LogP) is 2.99. The molecule has 138 valence electrons. The van der Waals surface area contributed by atoms with Gasteiger partial charge in [0.2, 0.25) is 5.91 Å². The Morgan fingerprint density at radius 3 is 2.96 bits per heavy atom. The molecule has 1 amide bonds. The standard InChI is InChI=1S/C21H26N4O.H2/c1-15-4-2-3-5-16(15)6-7-21(26)24-9-8-17-18-13-25(14-19(17)18)20-12-22-10-11-23-20;/h2-3,5-7,10-12,15,17-19H,4,8-9,13-14H2,1H3,(H,24,26);1H/b7-6+;/t15?,17?,18-,19+;. The fraction of sp³-hybridized carbons (Fsp3) is 0.476. The topological polar surface area (TPSA) is 58.1 Å². The molecule has 0 radical (unpaired) electrons. The molecule has 1 aromatic rings. The van der Waals surface area contributed by atoms with Gasteiger partial charge in [0.05, 0.1) is 6.20 Å². The van der Waals surface area contributed by atoms with Gasteiger partial charge in [0.25, 0.3) is 0 Å². The zero-order chi connectivity index (χ0) is 17.9. The second kappa shape index (κ2) is 7.44. The van der Waals surface area contributed by atoms with Crippen molar-refractivity contribution < 1.29 is 6.22 Å². The van der Waals surface area contributed by atoms with Crippen LogP contribution in [0.25, 0.3) is 0 Å². The van der Waals surface area contributed by atoms with Gasteiger partial charge in [-0.25, -0.2) is 4.98 Å². The lowest BCUT2D eigenvalue weighted by molar-refractivity contribution is -0.116. The van der Waals surface area contributed by atoms with Crippen molar-refractivity contribution in [2.75, 3.05) is 24.5 Å². The number of hydrogen-bond acceptors (Lipinski definition) is 4. The third-order valence-electron chi connectivity index (χ3n) is 5.93. The summed E-state index contributed by atoms with van der Waals surface area (Å²) in [7, 11) is 0. The fourth-order valence-corrected chi connectivity index (χ4v) is 4.29. The van der Waals surface area contributed by atoms with Crippen molar-refractivity contribution in [2.45, 2.75) is 19.8 Å². The molecule has 2 heterocycles. The van der Waals surface area contributed by atoms with Gasteiger partial charge >= 0.3 is 0 Å². The molecule has 2 unspecified atom stereocenters. The van der Waals surface area contributed by atoms with Gasteiger partial charge in [0.1, 0.15) is 5.82 Å². The van der Waals surface area contributed by atoms with Crippen LogP contribution in [-0.4, -0.2) is 35.5 Å². The number of rotatable bonds is 6. The lowest BCUT2D eigenvalue weighted by Crippen LogP contribution is -2.27. The van der Waals surface area contributed by atoms with Crippen molar-refractivity contribution in [1.82, 2.24) is 15.3 Å². The van der Waals surface area contributed by atoms with Crippen LogP contribution < -0.4 is 10.2 Å². The summed E-state index contributed by atoms with van der Waals surface area (Å²) >= 11 is 0. The molecule has 1 N–H and O–H groups in total. The van der Waals surface area contributed by atoms with Crippen LogP contribution in [0.2, 0.25) is 0 Å². The van der Waals surface area contributed by atoms with Crippen LogP contribution in [0.3, 0.4) is 0 Å². The number of aromatic nitrogens is 2. The Morgan fingerprint density at radius 2 is 2.23 bits per heavy atom. The summed E-state index contributed by atoms with van der Waals surface area (Å²) in [4.78, 5) is 22.9. The summed E-state index contributed by atoms with van der Waals surface area (Å²) in [5.74, 6) is 3.75. The van der Waals surface area contributed by atoms with Gasteiger partial charge in [-0.3, -0.25) is 9.78 Å². The maximum absolute atomic E-state index is 12.0. The number of carbonyl (C=O) groups excluding carboxylic acids is 1. The first-order valence-corrected chi connectivity index (χ1v) is 9.56. The Bertz CT molecular complexity index is 734. The lowest BCUT2D eigenvalue weighted by atomic mass is 9.93. The molecule has 4 rings (SSSR count). The molecule has 2 fully saturated rings. The van der Waals surface area contributed by atoms with Gasteiger partial charge in [0, 0.05) is 39.5 Å². The van der Waals surface area contributed by atoms with E-state index in [-0.39, 0.29) is 7.33 Å². The van der Waals surface area contributed by atoms with Crippen LogP contribution in [0.4, 0.5) is 5.82 Å². The van der Waals surface area contributed by atoms with E-state index in [4.69, 9.17) is 0 Å². The smallest absolute Gasteiger partial charge is 0.243 e. The normalized spacial score (nSPS) is 29.6. The van der Waals surface area contributed by atoms with Gasteiger partial charge in [0.15, 0.2) is 0 Å². The largest absolute Gasteiger partial charge is 0.355 e. The first-order valence-electron chi connectivity index (χ1n) is 9.56. The Kier molecular flexibility index (Phi) is 4.87. The molecule has 3 aliphatic rings. The average molecular weight is 352 g/mol. The van der Waals surface area contributed by atoms with Gasteiger partial charge in [-0.2, -0.15) is 0 Å². The van der Waals surface area contributed by atoms with Crippen LogP contribution in [0.5, 0.6) is 0 Å². The van der Waals surface area contributed by atoms with Crippen LogP contribution >= 0.6 is 0 Å². The number of piperidine rings is 1. The number of hydrogen-bond donors (Lipinski definition) is 1. The van der Waals surface area contributed by atoms with E-state index in [1.165, 1.54) is 5.57 Å². The van der Waals surface area contributed by atoms with Crippen LogP contribution in [0.1, 0.15) is 21.2 Å². The van der Waals surface area contributed by atoms with Crippen molar-refractivity contribution in [1.29, 1.82) is 0 Å². The molecular weight excluding hydrogens is 324 g/mol.